The van der Waals surface area contributed by atoms with E-state index in [0.29, 0.717) is 0 Å². The standard InChI is InChI=1S/C60H38BNO/c1-5-17-39(18-6-1)43-30-32-57-53(35-43)61-54-36-46(50-28-16-14-26-48(50)42-23-11-4-12-24-42)34-52-51-33-44(49-27-15-13-25-47(49)41-21-9-3-10-22-41)29-31-55(51)62(60(52)54)56-37-45(38-58(63-57)59(56)61)40-19-7-2-8-20-40/h1-38H. The maximum Gasteiger partial charge on any atom is 0.256 e. The summed E-state index contributed by atoms with van der Waals surface area (Å²) in [7, 11) is 0. The van der Waals surface area contributed by atoms with E-state index in [-0.39, 0.29) is 6.71 Å². The minimum absolute atomic E-state index is 0.0753. The lowest BCUT2D eigenvalue weighted by molar-refractivity contribution is 0.487. The largest absolute Gasteiger partial charge is 0.458 e. The van der Waals surface area contributed by atoms with Crippen molar-refractivity contribution < 1.29 is 4.74 Å². The molecule has 2 aliphatic rings. The van der Waals surface area contributed by atoms with Crippen LogP contribution in [0.25, 0.3) is 94.3 Å². The van der Waals surface area contributed by atoms with Gasteiger partial charge < -0.3 is 9.30 Å². The number of aromatic nitrogens is 1. The first-order valence-electron chi connectivity index (χ1n) is 21.8. The second-order valence-corrected chi connectivity index (χ2v) is 16.8. The molecule has 0 saturated carbocycles. The van der Waals surface area contributed by atoms with Crippen molar-refractivity contribution in [2.75, 3.05) is 0 Å². The van der Waals surface area contributed by atoms with Crippen LogP contribution in [0.5, 0.6) is 11.5 Å². The first-order chi connectivity index (χ1) is 31.2. The van der Waals surface area contributed by atoms with E-state index in [1.165, 1.54) is 93.8 Å². The number of fused-ring (bicyclic) bond motifs is 7. The fourth-order valence-electron chi connectivity index (χ4n) is 10.4. The van der Waals surface area contributed by atoms with Gasteiger partial charge in [0, 0.05) is 22.0 Å². The van der Waals surface area contributed by atoms with Gasteiger partial charge in [-0.2, -0.15) is 0 Å². The third kappa shape index (κ3) is 5.67. The molecule has 0 fully saturated rings. The Morgan fingerprint density at radius 3 is 1.43 bits per heavy atom. The molecule has 2 aliphatic heterocycles. The monoisotopic (exact) mass is 799 g/mol. The number of nitrogens with zero attached hydrogens (tertiary/aromatic N) is 1. The molecule has 0 saturated heterocycles. The third-order valence-corrected chi connectivity index (χ3v) is 13.3. The molecule has 10 aromatic carbocycles. The Labute approximate surface area is 367 Å². The van der Waals surface area contributed by atoms with Crippen LogP contribution in [0.3, 0.4) is 0 Å². The number of rotatable bonds is 6. The van der Waals surface area contributed by atoms with E-state index in [0.717, 1.165) is 28.3 Å². The highest BCUT2D eigenvalue weighted by Gasteiger charge is 2.41. The van der Waals surface area contributed by atoms with Crippen LogP contribution in [0.4, 0.5) is 0 Å². The average Bonchev–Trinajstić information content (AvgIpc) is 3.69. The first-order valence-corrected chi connectivity index (χ1v) is 21.8. The van der Waals surface area contributed by atoms with Crippen molar-refractivity contribution in [2.45, 2.75) is 0 Å². The first kappa shape index (κ1) is 35.6. The summed E-state index contributed by atoms with van der Waals surface area (Å²) in [5.74, 6) is 1.80. The van der Waals surface area contributed by atoms with E-state index < -0.39 is 0 Å². The van der Waals surface area contributed by atoms with Crippen molar-refractivity contribution in [1.82, 2.24) is 4.57 Å². The average molecular weight is 800 g/mol. The van der Waals surface area contributed by atoms with E-state index in [4.69, 9.17) is 4.74 Å². The number of hydrogen-bond acceptors (Lipinski definition) is 1. The number of benzene rings is 10. The molecule has 63 heavy (non-hydrogen) atoms. The van der Waals surface area contributed by atoms with Crippen LogP contribution in [0.1, 0.15) is 0 Å². The van der Waals surface area contributed by atoms with E-state index in [1.54, 1.807) is 0 Å². The summed E-state index contributed by atoms with van der Waals surface area (Å²) >= 11 is 0. The molecule has 292 valence electrons. The van der Waals surface area contributed by atoms with Crippen molar-refractivity contribution in [2.24, 2.45) is 0 Å². The van der Waals surface area contributed by atoms with Gasteiger partial charge in [-0.1, -0.05) is 194 Å². The fourth-order valence-corrected chi connectivity index (χ4v) is 10.4. The molecule has 1 aromatic heterocycles. The highest BCUT2D eigenvalue weighted by Crippen LogP contribution is 2.44. The molecule has 0 unspecified atom stereocenters. The van der Waals surface area contributed by atoms with Crippen LogP contribution in [0.15, 0.2) is 231 Å². The molecule has 2 nitrogen and oxygen atoms in total. The van der Waals surface area contributed by atoms with E-state index >= 15 is 0 Å². The van der Waals surface area contributed by atoms with E-state index in [2.05, 4.69) is 235 Å². The van der Waals surface area contributed by atoms with Gasteiger partial charge >= 0.3 is 0 Å². The maximum atomic E-state index is 7.09. The third-order valence-electron chi connectivity index (χ3n) is 13.3. The van der Waals surface area contributed by atoms with Gasteiger partial charge in [-0.15, -0.1) is 0 Å². The minimum Gasteiger partial charge on any atom is -0.458 e. The minimum atomic E-state index is -0.0753. The van der Waals surface area contributed by atoms with Gasteiger partial charge in [-0.25, -0.2) is 0 Å². The zero-order valence-corrected chi connectivity index (χ0v) is 34.4. The molecule has 0 radical (unpaired) electrons. The quantitative estimate of drug-likeness (QED) is 0.153. The Kier molecular flexibility index (Phi) is 8.04. The molecule has 0 spiro atoms. The van der Waals surface area contributed by atoms with Crippen molar-refractivity contribution in [3.05, 3.63) is 231 Å². The maximum absolute atomic E-state index is 7.09. The molecule has 3 heteroatoms. The van der Waals surface area contributed by atoms with Gasteiger partial charge in [-0.05, 0) is 120 Å². The van der Waals surface area contributed by atoms with Gasteiger partial charge in [0.25, 0.3) is 6.71 Å². The smallest absolute Gasteiger partial charge is 0.256 e. The molecule has 0 N–H and O–H groups in total. The van der Waals surface area contributed by atoms with Crippen LogP contribution in [0, 0.1) is 0 Å². The van der Waals surface area contributed by atoms with Crippen LogP contribution >= 0.6 is 0 Å². The molecular formula is C60H38BNO. The lowest BCUT2D eigenvalue weighted by Gasteiger charge is -2.34. The summed E-state index contributed by atoms with van der Waals surface area (Å²) in [5, 5.41) is 2.46. The van der Waals surface area contributed by atoms with Crippen molar-refractivity contribution in [3.8, 4) is 83.9 Å². The van der Waals surface area contributed by atoms with Gasteiger partial charge in [0.1, 0.15) is 11.5 Å². The SMILES string of the molecule is c1ccc(-c2ccc3c(c2)B2c4c(cc(-c5ccccc5)cc4-n4c5ccc(-c6ccccc6-c6ccccc6)cc5c5cc(-c6ccccc6-c6ccccc6)cc2c54)O3)cc1. The molecule has 0 amide bonds. The highest BCUT2D eigenvalue weighted by molar-refractivity contribution is 6.99. The normalized spacial score (nSPS) is 12.2. The summed E-state index contributed by atoms with van der Waals surface area (Å²) < 4.78 is 9.63. The molecule has 13 rings (SSSR count). The molecule has 0 atom stereocenters. The molecule has 3 heterocycles. The number of ether oxygens (including phenoxy) is 1. The highest BCUT2D eigenvalue weighted by atomic mass is 16.5. The predicted molar refractivity (Wildman–Crippen MR) is 265 cm³/mol. The van der Waals surface area contributed by atoms with Gasteiger partial charge in [-0.3, -0.25) is 0 Å². The Balaban J connectivity index is 1.15. The van der Waals surface area contributed by atoms with Crippen LogP contribution < -0.4 is 21.1 Å². The lowest BCUT2D eigenvalue weighted by Crippen LogP contribution is -2.58. The van der Waals surface area contributed by atoms with Crippen molar-refractivity contribution >= 4 is 44.9 Å². The zero-order valence-electron chi connectivity index (χ0n) is 34.4. The topological polar surface area (TPSA) is 14.2 Å². The summed E-state index contributed by atoms with van der Waals surface area (Å²) in [6, 6.07) is 84.1. The van der Waals surface area contributed by atoms with Crippen LogP contribution in [-0.4, -0.2) is 11.3 Å². The van der Waals surface area contributed by atoms with Gasteiger partial charge in [0.15, 0.2) is 0 Å². The second kappa shape index (κ2) is 14.2. The predicted octanol–water partition coefficient (Wildman–Crippen LogP) is 13.7. The second-order valence-electron chi connectivity index (χ2n) is 16.8. The summed E-state index contributed by atoms with van der Waals surface area (Å²) in [6.45, 7) is -0.0753. The van der Waals surface area contributed by atoms with E-state index in [9.17, 15) is 0 Å². The molecular weight excluding hydrogens is 761 g/mol. The Morgan fingerprint density at radius 1 is 0.317 bits per heavy atom. The summed E-state index contributed by atoms with van der Waals surface area (Å²) in [4.78, 5) is 0. The fraction of sp³-hybridized carbons (Fsp3) is 0. The zero-order chi connectivity index (χ0) is 41.4. The van der Waals surface area contributed by atoms with Crippen molar-refractivity contribution in [1.29, 1.82) is 0 Å². The molecule has 0 aliphatic carbocycles. The lowest BCUT2D eigenvalue weighted by atomic mass is 9.34. The molecule has 0 bridgehead atoms. The van der Waals surface area contributed by atoms with Crippen LogP contribution in [-0.2, 0) is 0 Å². The van der Waals surface area contributed by atoms with Gasteiger partial charge in [0.2, 0.25) is 0 Å². The summed E-state index contributed by atoms with van der Waals surface area (Å²) in [5.41, 5.74) is 21.6. The van der Waals surface area contributed by atoms with E-state index in [1.807, 2.05) is 0 Å². The Hall–Kier alpha value is -8.14. The van der Waals surface area contributed by atoms with Crippen LogP contribution in [0.2, 0.25) is 0 Å². The Morgan fingerprint density at radius 2 is 0.810 bits per heavy atom. The number of hydrogen-bond donors (Lipinski definition) is 0. The Bertz CT molecular complexity index is 3580. The van der Waals surface area contributed by atoms with Gasteiger partial charge in [0.05, 0.1) is 5.52 Å². The van der Waals surface area contributed by atoms with Crippen molar-refractivity contribution in [3.63, 3.8) is 0 Å². The summed E-state index contributed by atoms with van der Waals surface area (Å²) in [6.07, 6.45) is 0. The molecule has 11 aromatic rings.